The van der Waals surface area contributed by atoms with Crippen molar-refractivity contribution in [1.82, 2.24) is 4.98 Å². The monoisotopic (exact) mass is 137 g/mol. The van der Waals surface area contributed by atoms with Gasteiger partial charge in [-0.15, -0.1) is 0 Å². The van der Waals surface area contributed by atoms with E-state index in [2.05, 4.69) is 4.98 Å². The molecule has 2 nitrogen and oxygen atoms in total. The van der Waals surface area contributed by atoms with Gasteiger partial charge in [0.25, 0.3) is 0 Å². The van der Waals surface area contributed by atoms with Crippen molar-refractivity contribution in [1.29, 1.82) is 0 Å². The molecule has 1 fully saturated rings. The van der Waals surface area contributed by atoms with Crippen molar-refractivity contribution in [3.8, 4) is 0 Å². The first-order valence-corrected chi connectivity index (χ1v) is 3.69. The minimum Gasteiger partial charge on any atom is -0.387 e. The molecule has 2 rings (SSSR count). The smallest absolute Gasteiger partial charge is 0.0965 e. The van der Waals surface area contributed by atoms with Gasteiger partial charge in [-0.1, -0.05) is 0 Å². The standard InChI is InChI=1S/C8H11NO/c10-8(6-3-4-6)7-2-1-5-9-7/h1-2,5-6,8-10H,3-4H2. The van der Waals surface area contributed by atoms with Crippen LogP contribution in [0.5, 0.6) is 0 Å². The summed E-state index contributed by atoms with van der Waals surface area (Å²) in [6.45, 7) is 0. The zero-order valence-electron chi connectivity index (χ0n) is 5.75. The molecule has 0 aliphatic heterocycles. The second-order valence-electron chi connectivity index (χ2n) is 2.91. The summed E-state index contributed by atoms with van der Waals surface area (Å²) in [4.78, 5) is 3.01. The van der Waals surface area contributed by atoms with Crippen molar-refractivity contribution < 1.29 is 5.11 Å². The lowest BCUT2D eigenvalue weighted by molar-refractivity contribution is 0.150. The van der Waals surface area contributed by atoms with Crippen LogP contribution in [0.1, 0.15) is 24.6 Å². The molecule has 1 unspecified atom stereocenters. The molecule has 54 valence electrons. The molecule has 0 spiro atoms. The molecule has 1 aliphatic carbocycles. The van der Waals surface area contributed by atoms with Crippen molar-refractivity contribution in [2.75, 3.05) is 0 Å². The summed E-state index contributed by atoms with van der Waals surface area (Å²) in [5.41, 5.74) is 0.961. The van der Waals surface area contributed by atoms with Crippen LogP contribution in [0.3, 0.4) is 0 Å². The predicted molar refractivity (Wildman–Crippen MR) is 38.5 cm³/mol. The van der Waals surface area contributed by atoms with Crippen molar-refractivity contribution in [2.45, 2.75) is 18.9 Å². The van der Waals surface area contributed by atoms with Gasteiger partial charge >= 0.3 is 0 Å². The summed E-state index contributed by atoms with van der Waals surface area (Å²) in [6, 6.07) is 3.85. The lowest BCUT2D eigenvalue weighted by Crippen LogP contribution is -1.98. The fraction of sp³-hybridized carbons (Fsp3) is 0.500. The minimum absolute atomic E-state index is 0.241. The Kier molecular flexibility index (Phi) is 1.27. The Morgan fingerprint density at radius 2 is 2.40 bits per heavy atom. The van der Waals surface area contributed by atoms with Gasteiger partial charge in [0.1, 0.15) is 0 Å². The number of H-pyrrole nitrogens is 1. The summed E-state index contributed by atoms with van der Waals surface area (Å²) < 4.78 is 0. The lowest BCUT2D eigenvalue weighted by Gasteiger charge is -2.04. The van der Waals surface area contributed by atoms with Gasteiger partial charge in [0.05, 0.1) is 6.10 Å². The number of hydrogen-bond donors (Lipinski definition) is 2. The third-order valence-electron chi connectivity index (χ3n) is 2.01. The Balaban J connectivity index is 2.11. The van der Waals surface area contributed by atoms with Crippen LogP contribution < -0.4 is 0 Å². The highest BCUT2D eigenvalue weighted by molar-refractivity contribution is 5.09. The van der Waals surface area contributed by atoms with Gasteiger partial charge in [-0.2, -0.15) is 0 Å². The molecule has 0 radical (unpaired) electrons. The van der Waals surface area contributed by atoms with Gasteiger partial charge in [0.15, 0.2) is 0 Å². The molecule has 0 saturated heterocycles. The maximum atomic E-state index is 9.52. The van der Waals surface area contributed by atoms with Gasteiger partial charge in [-0.05, 0) is 30.9 Å². The second kappa shape index (κ2) is 2.13. The van der Waals surface area contributed by atoms with E-state index >= 15 is 0 Å². The number of aliphatic hydroxyl groups excluding tert-OH is 1. The molecule has 1 aliphatic rings. The SMILES string of the molecule is OC(c1ccc[nH]1)C1CC1. The Labute approximate surface area is 59.9 Å². The Morgan fingerprint density at radius 1 is 1.60 bits per heavy atom. The van der Waals surface area contributed by atoms with Gasteiger partial charge < -0.3 is 10.1 Å². The van der Waals surface area contributed by atoms with Gasteiger partial charge in [0, 0.05) is 11.9 Å². The minimum atomic E-state index is -0.241. The maximum absolute atomic E-state index is 9.52. The first-order chi connectivity index (χ1) is 4.88. The van der Waals surface area contributed by atoms with Crippen LogP contribution in [0.25, 0.3) is 0 Å². The van der Waals surface area contributed by atoms with E-state index in [0.29, 0.717) is 5.92 Å². The number of aromatic nitrogens is 1. The first-order valence-electron chi connectivity index (χ1n) is 3.69. The number of aliphatic hydroxyl groups is 1. The number of nitrogens with one attached hydrogen (secondary N) is 1. The van der Waals surface area contributed by atoms with E-state index in [1.54, 1.807) is 0 Å². The molecule has 1 atom stereocenters. The van der Waals surface area contributed by atoms with Crippen LogP contribution in [-0.4, -0.2) is 10.1 Å². The van der Waals surface area contributed by atoms with Crippen LogP contribution in [0, 0.1) is 5.92 Å². The Hall–Kier alpha value is -0.760. The van der Waals surface area contributed by atoms with Crippen LogP contribution in [0.4, 0.5) is 0 Å². The van der Waals surface area contributed by atoms with E-state index in [0.717, 1.165) is 5.69 Å². The molecule has 0 aromatic carbocycles. The van der Waals surface area contributed by atoms with Crippen molar-refractivity contribution in [3.05, 3.63) is 24.0 Å². The summed E-state index contributed by atoms with van der Waals surface area (Å²) in [5, 5.41) is 9.52. The molecule has 1 aromatic rings. The zero-order chi connectivity index (χ0) is 6.97. The summed E-state index contributed by atoms with van der Waals surface area (Å²) >= 11 is 0. The fourth-order valence-corrected chi connectivity index (χ4v) is 1.19. The lowest BCUT2D eigenvalue weighted by atomic mass is 10.2. The van der Waals surface area contributed by atoms with Crippen LogP contribution >= 0.6 is 0 Å². The quantitative estimate of drug-likeness (QED) is 0.636. The summed E-state index contributed by atoms with van der Waals surface area (Å²) in [6.07, 6.45) is 3.97. The molecular weight excluding hydrogens is 126 g/mol. The average molecular weight is 137 g/mol. The van der Waals surface area contributed by atoms with Crippen LogP contribution in [0.2, 0.25) is 0 Å². The van der Waals surface area contributed by atoms with Gasteiger partial charge in [-0.3, -0.25) is 0 Å². The molecule has 1 heterocycles. The molecule has 1 saturated carbocycles. The zero-order valence-corrected chi connectivity index (χ0v) is 5.75. The summed E-state index contributed by atoms with van der Waals surface area (Å²) in [5.74, 6) is 0.527. The first kappa shape index (κ1) is 5.98. The normalized spacial score (nSPS) is 20.9. The third kappa shape index (κ3) is 0.948. The molecule has 2 heteroatoms. The highest BCUT2D eigenvalue weighted by atomic mass is 16.3. The van der Waals surface area contributed by atoms with Crippen LogP contribution in [0.15, 0.2) is 18.3 Å². The molecule has 0 amide bonds. The largest absolute Gasteiger partial charge is 0.387 e. The summed E-state index contributed by atoms with van der Waals surface area (Å²) in [7, 11) is 0. The van der Waals surface area contributed by atoms with E-state index in [4.69, 9.17) is 0 Å². The van der Waals surface area contributed by atoms with Crippen molar-refractivity contribution >= 4 is 0 Å². The third-order valence-corrected chi connectivity index (χ3v) is 2.01. The highest BCUT2D eigenvalue weighted by Crippen LogP contribution is 2.40. The van der Waals surface area contributed by atoms with Gasteiger partial charge in [0.2, 0.25) is 0 Å². The number of hydrogen-bond acceptors (Lipinski definition) is 1. The van der Waals surface area contributed by atoms with E-state index in [1.807, 2.05) is 18.3 Å². The average Bonchev–Trinajstić information content (AvgIpc) is 2.65. The predicted octanol–water partition coefficient (Wildman–Crippen LogP) is 1.46. The molecule has 2 N–H and O–H groups in total. The fourth-order valence-electron chi connectivity index (χ4n) is 1.19. The van der Waals surface area contributed by atoms with Crippen molar-refractivity contribution in [3.63, 3.8) is 0 Å². The van der Waals surface area contributed by atoms with Crippen LogP contribution in [-0.2, 0) is 0 Å². The molecule has 1 aromatic heterocycles. The van der Waals surface area contributed by atoms with E-state index in [1.165, 1.54) is 12.8 Å². The van der Waals surface area contributed by atoms with E-state index in [9.17, 15) is 5.11 Å². The highest BCUT2D eigenvalue weighted by Gasteiger charge is 2.30. The van der Waals surface area contributed by atoms with E-state index in [-0.39, 0.29) is 6.10 Å². The molecular formula is C8H11NO. The van der Waals surface area contributed by atoms with E-state index < -0.39 is 0 Å². The topological polar surface area (TPSA) is 36.0 Å². The number of rotatable bonds is 2. The molecule has 0 bridgehead atoms. The van der Waals surface area contributed by atoms with Crippen molar-refractivity contribution in [2.24, 2.45) is 5.92 Å². The Morgan fingerprint density at radius 3 is 2.90 bits per heavy atom. The maximum Gasteiger partial charge on any atom is 0.0965 e. The second-order valence-corrected chi connectivity index (χ2v) is 2.91. The van der Waals surface area contributed by atoms with Gasteiger partial charge in [-0.25, -0.2) is 0 Å². The Bertz CT molecular complexity index is 201. The number of aromatic amines is 1. The molecule has 10 heavy (non-hydrogen) atoms.